The zero-order chi connectivity index (χ0) is 21.1. The molecule has 1 unspecified atom stereocenters. The number of rotatable bonds is 8. The molecule has 2 aromatic carbocycles. The zero-order valence-corrected chi connectivity index (χ0v) is 18.3. The summed E-state index contributed by atoms with van der Waals surface area (Å²) in [6.07, 6.45) is 2.53. The van der Waals surface area contributed by atoms with Crippen LogP contribution in [0.25, 0.3) is 0 Å². The first-order valence-electron chi connectivity index (χ1n) is 9.92. The summed E-state index contributed by atoms with van der Waals surface area (Å²) in [4.78, 5) is 12.6. The minimum absolute atomic E-state index is 0.0283. The first-order valence-corrected chi connectivity index (χ1v) is 12.3. The highest BCUT2D eigenvalue weighted by atomic mass is 32.2. The molecule has 7 heteroatoms. The first kappa shape index (κ1) is 20.6. The quantitative estimate of drug-likeness (QED) is 0.535. The molecule has 0 bridgehead atoms. The van der Waals surface area contributed by atoms with Crippen LogP contribution in [-0.4, -0.2) is 14.3 Å². The lowest BCUT2D eigenvalue weighted by Gasteiger charge is -2.19. The second-order valence-corrected chi connectivity index (χ2v) is 10.6. The van der Waals surface area contributed by atoms with Gasteiger partial charge >= 0.3 is 0 Å². The Labute approximate surface area is 181 Å². The maximum Gasteiger partial charge on any atom is 0.271 e. The lowest BCUT2D eigenvalue weighted by atomic mass is 10.0. The molecule has 1 aromatic heterocycles. The zero-order valence-electron chi connectivity index (χ0n) is 16.7. The van der Waals surface area contributed by atoms with Crippen LogP contribution in [-0.2, 0) is 21.2 Å². The Morgan fingerprint density at radius 2 is 1.77 bits per heavy atom. The molecule has 0 aliphatic heterocycles. The van der Waals surface area contributed by atoms with Gasteiger partial charge in [0.2, 0.25) is 5.91 Å². The Bertz CT molecular complexity index is 1100. The normalized spacial score (nSPS) is 14.8. The maximum atomic E-state index is 12.6. The molecule has 30 heavy (non-hydrogen) atoms. The third-order valence-electron chi connectivity index (χ3n) is 5.18. The molecule has 1 aliphatic carbocycles. The van der Waals surface area contributed by atoms with Crippen molar-refractivity contribution in [1.29, 1.82) is 0 Å². The molecule has 1 aliphatic rings. The largest absolute Gasteiger partial charge is 0.349 e. The Kier molecular flexibility index (Phi) is 5.92. The highest BCUT2D eigenvalue weighted by Crippen LogP contribution is 2.41. The Morgan fingerprint density at radius 3 is 2.37 bits per heavy atom. The van der Waals surface area contributed by atoms with E-state index in [1.54, 1.807) is 41.8 Å². The summed E-state index contributed by atoms with van der Waals surface area (Å²) in [6.45, 7) is 2.05. The van der Waals surface area contributed by atoms with Crippen molar-refractivity contribution in [2.75, 3.05) is 4.72 Å². The highest BCUT2D eigenvalue weighted by molar-refractivity contribution is 7.94. The van der Waals surface area contributed by atoms with Gasteiger partial charge in [-0.2, -0.15) is 0 Å². The Hall–Kier alpha value is -2.64. The fraction of sp³-hybridized carbons (Fsp3) is 0.261. The number of aryl methyl sites for hydroxylation is 1. The van der Waals surface area contributed by atoms with Gasteiger partial charge in [-0.15, -0.1) is 11.3 Å². The third kappa shape index (κ3) is 5.09. The van der Waals surface area contributed by atoms with Gasteiger partial charge in [0.1, 0.15) is 4.21 Å². The summed E-state index contributed by atoms with van der Waals surface area (Å²) in [5, 5.41) is 4.91. The van der Waals surface area contributed by atoms with Crippen LogP contribution in [0.3, 0.4) is 0 Å². The summed E-state index contributed by atoms with van der Waals surface area (Å²) in [6, 6.07) is 18.6. The van der Waals surface area contributed by atoms with Crippen molar-refractivity contribution in [2.45, 2.75) is 36.4 Å². The monoisotopic (exact) mass is 440 g/mol. The van der Waals surface area contributed by atoms with E-state index in [0.29, 0.717) is 11.6 Å². The van der Waals surface area contributed by atoms with Gasteiger partial charge in [0.25, 0.3) is 10.0 Å². The van der Waals surface area contributed by atoms with Gasteiger partial charge in [-0.3, -0.25) is 9.52 Å². The standard InChI is InChI=1S/C23H24N2O3S2/c1-16-4-8-18(9-5-16)23(19-10-11-19)24-21(26)15-17-6-12-20(13-7-17)25-30(27,28)22-3-2-14-29-22/h2-9,12-14,19,23,25H,10-11,15H2,1H3,(H,24,26). The van der Waals surface area contributed by atoms with Crippen LogP contribution in [0.5, 0.6) is 0 Å². The minimum Gasteiger partial charge on any atom is -0.349 e. The number of carbonyl (C=O) groups is 1. The van der Waals surface area contributed by atoms with E-state index in [9.17, 15) is 13.2 Å². The topological polar surface area (TPSA) is 75.3 Å². The molecule has 1 heterocycles. The lowest BCUT2D eigenvalue weighted by molar-refractivity contribution is -0.121. The van der Waals surface area contributed by atoms with Gasteiger partial charge in [0.05, 0.1) is 12.5 Å². The number of carbonyl (C=O) groups excluding carboxylic acids is 1. The molecule has 0 spiro atoms. The van der Waals surface area contributed by atoms with Crippen molar-refractivity contribution in [3.8, 4) is 0 Å². The van der Waals surface area contributed by atoms with E-state index in [4.69, 9.17) is 0 Å². The van der Waals surface area contributed by atoms with Crippen molar-refractivity contribution in [1.82, 2.24) is 5.32 Å². The van der Waals surface area contributed by atoms with Crippen molar-refractivity contribution < 1.29 is 13.2 Å². The molecule has 0 radical (unpaired) electrons. The number of benzene rings is 2. The van der Waals surface area contributed by atoms with E-state index in [1.807, 2.05) is 0 Å². The van der Waals surface area contributed by atoms with Gasteiger partial charge in [0, 0.05) is 5.69 Å². The molecule has 2 N–H and O–H groups in total. The molecular weight excluding hydrogens is 416 g/mol. The van der Waals surface area contributed by atoms with E-state index in [2.05, 4.69) is 41.2 Å². The van der Waals surface area contributed by atoms with E-state index in [0.717, 1.165) is 24.0 Å². The molecule has 1 fully saturated rings. The van der Waals surface area contributed by atoms with E-state index >= 15 is 0 Å². The first-order chi connectivity index (χ1) is 14.4. The van der Waals surface area contributed by atoms with Crippen molar-refractivity contribution in [3.63, 3.8) is 0 Å². The molecule has 1 saturated carbocycles. The number of hydrogen-bond donors (Lipinski definition) is 2. The fourth-order valence-corrected chi connectivity index (χ4v) is 5.45. The Balaban J connectivity index is 1.38. The van der Waals surface area contributed by atoms with Gasteiger partial charge in [-0.05, 0) is 60.4 Å². The fourth-order valence-electron chi connectivity index (χ4n) is 3.40. The van der Waals surface area contributed by atoms with Crippen LogP contribution in [0.1, 0.15) is 35.6 Å². The van der Waals surface area contributed by atoms with E-state index in [-0.39, 0.29) is 22.6 Å². The van der Waals surface area contributed by atoms with Crippen LogP contribution in [0.2, 0.25) is 0 Å². The van der Waals surface area contributed by atoms with Crippen molar-refractivity contribution in [3.05, 3.63) is 82.7 Å². The van der Waals surface area contributed by atoms with Crippen molar-refractivity contribution in [2.24, 2.45) is 5.92 Å². The van der Waals surface area contributed by atoms with E-state index < -0.39 is 10.0 Å². The molecule has 156 valence electrons. The number of anilines is 1. The second-order valence-electron chi connectivity index (χ2n) is 7.70. The maximum absolute atomic E-state index is 12.6. The molecule has 1 atom stereocenters. The molecule has 3 aromatic rings. The summed E-state index contributed by atoms with van der Waals surface area (Å²) in [5.41, 5.74) is 3.66. The number of amides is 1. The van der Waals surface area contributed by atoms with Gasteiger partial charge in [-0.1, -0.05) is 48.0 Å². The smallest absolute Gasteiger partial charge is 0.271 e. The summed E-state index contributed by atoms with van der Waals surface area (Å²) < 4.78 is 27.5. The number of hydrogen-bond acceptors (Lipinski definition) is 4. The van der Waals surface area contributed by atoms with E-state index in [1.165, 1.54) is 16.9 Å². The Morgan fingerprint density at radius 1 is 1.07 bits per heavy atom. The van der Waals surface area contributed by atoms with Gasteiger partial charge in [-0.25, -0.2) is 8.42 Å². The number of thiophene rings is 1. The van der Waals surface area contributed by atoms with Crippen LogP contribution in [0.15, 0.2) is 70.3 Å². The molecule has 5 nitrogen and oxygen atoms in total. The molecule has 4 rings (SSSR count). The predicted molar refractivity (Wildman–Crippen MR) is 120 cm³/mol. The number of sulfonamides is 1. The molecule has 1 amide bonds. The summed E-state index contributed by atoms with van der Waals surface area (Å²) in [7, 11) is -3.57. The lowest BCUT2D eigenvalue weighted by Crippen LogP contribution is -2.31. The molecule has 0 saturated heterocycles. The van der Waals surface area contributed by atoms with Crippen LogP contribution in [0, 0.1) is 12.8 Å². The van der Waals surface area contributed by atoms with Gasteiger partial charge < -0.3 is 5.32 Å². The average Bonchev–Trinajstić information content (AvgIpc) is 3.40. The third-order valence-corrected chi connectivity index (χ3v) is 7.96. The van der Waals surface area contributed by atoms with Crippen LogP contribution in [0.4, 0.5) is 5.69 Å². The molecular formula is C23H24N2O3S2. The highest BCUT2D eigenvalue weighted by Gasteiger charge is 2.33. The summed E-state index contributed by atoms with van der Waals surface area (Å²) in [5.74, 6) is 0.477. The summed E-state index contributed by atoms with van der Waals surface area (Å²) >= 11 is 1.17. The van der Waals surface area contributed by atoms with Crippen molar-refractivity contribution >= 4 is 33.0 Å². The average molecular weight is 441 g/mol. The second kappa shape index (κ2) is 8.62. The van der Waals surface area contributed by atoms with Gasteiger partial charge in [0.15, 0.2) is 0 Å². The van der Waals surface area contributed by atoms with Crippen LogP contribution < -0.4 is 10.0 Å². The van der Waals surface area contributed by atoms with Crippen LogP contribution >= 0.6 is 11.3 Å². The SMILES string of the molecule is Cc1ccc(C(NC(=O)Cc2ccc(NS(=O)(=O)c3cccs3)cc2)C2CC2)cc1. The number of nitrogens with one attached hydrogen (secondary N) is 2. The predicted octanol–water partition coefficient (Wildman–Crippen LogP) is 4.67. The minimum atomic E-state index is -3.57.